The molecule has 0 aromatic heterocycles. The number of carbonyl (C=O) groups is 4. The number of hydrogen-bond acceptors (Lipinski definition) is 8. The zero-order valence-electron chi connectivity index (χ0n) is 25.4. The van der Waals surface area contributed by atoms with Gasteiger partial charge in [0.2, 0.25) is 5.91 Å². The van der Waals surface area contributed by atoms with Crippen molar-refractivity contribution in [2.24, 2.45) is 0 Å². The van der Waals surface area contributed by atoms with Crippen molar-refractivity contribution in [2.45, 2.75) is 63.6 Å². The van der Waals surface area contributed by atoms with Crippen LogP contribution in [0, 0.1) is 0 Å². The van der Waals surface area contributed by atoms with Crippen LogP contribution in [0.5, 0.6) is 0 Å². The van der Waals surface area contributed by atoms with Gasteiger partial charge < -0.3 is 24.8 Å². The fraction of sp³-hybridized carbons (Fsp3) is 0.394. The van der Waals surface area contributed by atoms with Gasteiger partial charge in [0.1, 0.15) is 12.2 Å². The van der Waals surface area contributed by atoms with Gasteiger partial charge in [0, 0.05) is 24.2 Å². The van der Waals surface area contributed by atoms with Crippen molar-refractivity contribution in [1.82, 2.24) is 5.48 Å². The molecular weight excluding hydrogens is 566 g/mol. The third-order valence-electron chi connectivity index (χ3n) is 6.07. The summed E-state index contributed by atoms with van der Waals surface area (Å²) in [5.74, 6) is -1.08. The number of hydroxylamine groups is 1. The van der Waals surface area contributed by atoms with E-state index < -0.39 is 18.1 Å². The van der Waals surface area contributed by atoms with Crippen LogP contribution >= 0.6 is 0 Å². The number of nitrogens with one attached hydrogen (secondary N) is 3. The highest BCUT2D eigenvalue weighted by atomic mass is 16.5. The van der Waals surface area contributed by atoms with Crippen LogP contribution in [0.2, 0.25) is 0 Å². The molecule has 240 valence electrons. The Kier molecular flexibility index (Phi) is 20.7. The highest BCUT2D eigenvalue weighted by Crippen LogP contribution is 2.13. The first-order valence-electron chi connectivity index (χ1n) is 14.5. The van der Waals surface area contributed by atoms with Crippen molar-refractivity contribution in [3.63, 3.8) is 0 Å². The number of methoxy groups -OCH3 is 1. The maximum Gasteiger partial charge on any atom is 0.305 e. The van der Waals surface area contributed by atoms with Crippen LogP contribution in [0.4, 0.5) is 11.4 Å². The van der Waals surface area contributed by atoms with Gasteiger partial charge in [-0.15, -0.1) is 13.2 Å². The highest BCUT2D eigenvalue weighted by molar-refractivity contribution is 5.94. The van der Waals surface area contributed by atoms with Gasteiger partial charge in [0.25, 0.3) is 11.8 Å². The molecule has 0 heterocycles. The molecule has 2 rings (SSSR count). The number of ether oxygens (including phenoxy) is 3. The van der Waals surface area contributed by atoms with Crippen molar-refractivity contribution in [3.05, 3.63) is 86.0 Å². The zero-order valence-corrected chi connectivity index (χ0v) is 25.4. The number of hydrogen-bond donors (Lipinski definition) is 4. The summed E-state index contributed by atoms with van der Waals surface area (Å²) in [5.41, 5.74) is 3.02. The third-order valence-corrected chi connectivity index (χ3v) is 6.07. The average Bonchev–Trinajstić information content (AvgIpc) is 3.04. The van der Waals surface area contributed by atoms with E-state index in [1.165, 1.54) is 7.11 Å². The van der Waals surface area contributed by atoms with E-state index in [9.17, 15) is 19.2 Å². The Bertz CT molecular complexity index is 1040. The van der Waals surface area contributed by atoms with Gasteiger partial charge in [-0.2, -0.15) is 0 Å². The van der Waals surface area contributed by atoms with Gasteiger partial charge in [-0.25, -0.2) is 5.48 Å². The van der Waals surface area contributed by atoms with Crippen LogP contribution in [-0.4, -0.2) is 61.4 Å². The first-order valence-corrected chi connectivity index (χ1v) is 14.5. The number of benzene rings is 2. The molecule has 0 bridgehead atoms. The molecule has 0 fully saturated rings. The molecule has 0 saturated carbocycles. The van der Waals surface area contributed by atoms with Gasteiger partial charge in [0.05, 0.1) is 20.3 Å². The number of unbranched alkanes of at least 4 members (excludes halogenated alkanes) is 2. The van der Waals surface area contributed by atoms with Crippen LogP contribution < -0.4 is 16.1 Å². The van der Waals surface area contributed by atoms with Gasteiger partial charge >= 0.3 is 5.97 Å². The van der Waals surface area contributed by atoms with Crippen LogP contribution in [-0.2, 0) is 33.4 Å². The molecule has 0 radical (unpaired) electrons. The summed E-state index contributed by atoms with van der Waals surface area (Å²) in [4.78, 5) is 46.4. The Balaban J connectivity index is 0.000000440. The number of rotatable bonds is 20. The number of amides is 3. The van der Waals surface area contributed by atoms with Gasteiger partial charge in [-0.05, 0) is 62.8 Å². The van der Waals surface area contributed by atoms with E-state index in [0.29, 0.717) is 57.2 Å². The second-order valence-electron chi connectivity index (χ2n) is 9.53. The quantitative estimate of drug-likeness (QED) is 0.0525. The second kappa shape index (κ2) is 24.2. The molecule has 2 aromatic rings. The molecule has 44 heavy (non-hydrogen) atoms. The maximum atomic E-state index is 12.2. The molecule has 0 aliphatic rings. The predicted molar refractivity (Wildman–Crippen MR) is 169 cm³/mol. The van der Waals surface area contributed by atoms with Crippen molar-refractivity contribution >= 4 is 35.1 Å². The van der Waals surface area contributed by atoms with Crippen LogP contribution in [0.15, 0.2) is 86.0 Å². The highest BCUT2D eigenvalue weighted by Gasteiger charge is 2.20. The number of carbonyl (C=O) groups excluding carboxylic acids is 4. The normalized spacial score (nSPS) is 11.5. The lowest BCUT2D eigenvalue weighted by molar-refractivity contribution is -0.140. The van der Waals surface area contributed by atoms with E-state index in [4.69, 9.17) is 14.7 Å². The van der Waals surface area contributed by atoms with E-state index >= 15 is 0 Å². The number of esters is 1. The van der Waals surface area contributed by atoms with E-state index in [1.54, 1.807) is 29.8 Å². The lowest BCUT2D eigenvalue weighted by Crippen LogP contribution is -2.30. The van der Waals surface area contributed by atoms with E-state index in [1.807, 2.05) is 48.5 Å². The molecule has 0 saturated heterocycles. The minimum Gasteiger partial charge on any atom is -0.469 e. The fourth-order valence-electron chi connectivity index (χ4n) is 3.81. The molecule has 11 heteroatoms. The summed E-state index contributed by atoms with van der Waals surface area (Å²) in [6.07, 6.45) is 6.21. The Labute approximate surface area is 259 Å². The van der Waals surface area contributed by atoms with Crippen molar-refractivity contribution in [1.29, 1.82) is 0 Å². The smallest absolute Gasteiger partial charge is 0.305 e. The van der Waals surface area contributed by atoms with Crippen molar-refractivity contribution in [3.8, 4) is 0 Å². The van der Waals surface area contributed by atoms with Crippen LogP contribution in [0.25, 0.3) is 0 Å². The predicted octanol–water partition coefficient (Wildman–Crippen LogP) is 5.19. The molecule has 3 amide bonds. The molecule has 2 unspecified atom stereocenters. The molecule has 2 aromatic carbocycles. The summed E-state index contributed by atoms with van der Waals surface area (Å²) in [5, 5.41) is 14.0. The second-order valence-corrected chi connectivity index (χ2v) is 9.53. The Morgan fingerprint density at radius 1 is 0.727 bits per heavy atom. The largest absolute Gasteiger partial charge is 0.469 e. The third kappa shape index (κ3) is 17.6. The average molecular weight is 612 g/mol. The van der Waals surface area contributed by atoms with E-state index in [0.717, 1.165) is 5.69 Å². The van der Waals surface area contributed by atoms with Crippen LogP contribution in [0.1, 0.15) is 51.4 Å². The Morgan fingerprint density at radius 3 is 1.55 bits per heavy atom. The number of anilines is 2. The molecule has 0 spiro atoms. The monoisotopic (exact) mass is 611 g/mol. The van der Waals surface area contributed by atoms with Crippen molar-refractivity contribution < 1.29 is 38.6 Å². The first-order chi connectivity index (χ1) is 21.3. The zero-order chi connectivity index (χ0) is 32.4. The summed E-state index contributed by atoms with van der Waals surface area (Å²) < 4.78 is 15.6. The lowest BCUT2D eigenvalue weighted by Gasteiger charge is -2.16. The van der Waals surface area contributed by atoms with Gasteiger partial charge in [-0.3, -0.25) is 24.4 Å². The Morgan fingerprint density at radius 2 is 1.16 bits per heavy atom. The molecule has 0 aliphatic carbocycles. The SMILES string of the molecule is C=CCOC(CCCCC(=O)NO)C(=O)Nc1ccccc1.C=CCOC(CCCCC(=O)OC)C(=O)Nc1ccccc1. The topological polar surface area (TPSA) is 152 Å². The van der Waals surface area contributed by atoms with Crippen LogP contribution in [0.3, 0.4) is 0 Å². The van der Waals surface area contributed by atoms with E-state index in [2.05, 4.69) is 28.5 Å². The first kappa shape index (κ1) is 37.7. The summed E-state index contributed by atoms with van der Waals surface area (Å²) in [6.45, 7) is 7.75. The minimum atomic E-state index is -0.601. The van der Waals surface area contributed by atoms with Crippen molar-refractivity contribution in [2.75, 3.05) is 31.0 Å². The molecule has 2 atom stereocenters. The molecular formula is C33H45N3O8. The molecule has 4 N–H and O–H groups in total. The summed E-state index contributed by atoms with van der Waals surface area (Å²) in [7, 11) is 1.37. The summed E-state index contributed by atoms with van der Waals surface area (Å²) in [6, 6.07) is 18.4. The Hall–Kier alpha value is -4.32. The minimum absolute atomic E-state index is 0.189. The standard InChI is InChI=1S/C17H23NO4.C16H22N2O4/c1-3-13-22-15(11-7-8-12-16(19)21-2)17(20)18-14-9-5-4-6-10-14;1-2-12-22-14(10-6-7-11-15(19)18-21)16(20)17-13-8-4-3-5-9-13/h3-6,9-10,15H,1,7-8,11-13H2,2H3,(H,18,20);2-5,8-9,14,21H,1,6-7,10-12H2,(H,17,20)(H,18,19). The van der Waals surface area contributed by atoms with Gasteiger partial charge in [0.15, 0.2) is 0 Å². The lowest BCUT2D eigenvalue weighted by atomic mass is 10.1. The fourth-order valence-corrected chi connectivity index (χ4v) is 3.81. The summed E-state index contributed by atoms with van der Waals surface area (Å²) >= 11 is 0. The molecule has 0 aliphatic heterocycles. The van der Waals surface area contributed by atoms with Gasteiger partial charge in [-0.1, -0.05) is 48.6 Å². The van der Waals surface area contributed by atoms with E-state index in [-0.39, 0.29) is 30.8 Å². The number of para-hydroxylation sites is 2. The molecule has 11 nitrogen and oxygen atoms in total. The maximum absolute atomic E-state index is 12.2.